The minimum absolute atomic E-state index is 0.351. The Balaban J connectivity index is 2.20. The Kier molecular flexibility index (Phi) is 3.46. The number of rotatable bonds is 5. The Morgan fingerprint density at radius 3 is 1.56 bits per heavy atom. The first kappa shape index (κ1) is 12.4. The molecule has 2 N–H and O–H groups in total. The van der Waals surface area contributed by atoms with Crippen molar-refractivity contribution in [1.29, 1.82) is 0 Å². The number of Topliss-reactive ketones (excluding diaryl/α,β-unsaturated/α-hetero) is 2. The van der Waals surface area contributed by atoms with Gasteiger partial charge in [0, 0.05) is 12.4 Å². The largest absolute Gasteiger partial charge is 0.358 e. The molecule has 0 fully saturated rings. The first-order valence-electron chi connectivity index (χ1n) is 6.09. The van der Waals surface area contributed by atoms with E-state index >= 15 is 0 Å². The summed E-state index contributed by atoms with van der Waals surface area (Å²) in [7, 11) is 0. The SMILES string of the molecule is CCc1c[nH]c(C(=O)C(=O)c2cc(CC)c[nH]2)c1. The van der Waals surface area contributed by atoms with E-state index in [1.807, 2.05) is 13.8 Å². The van der Waals surface area contributed by atoms with Crippen molar-refractivity contribution in [1.82, 2.24) is 9.97 Å². The highest BCUT2D eigenvalue weighted by molar-refractivity contribution is 6.48. The van der Waals surface area contributed by atoms with Gasteiger partial charge < -0.3 is 9.97 Å². The smallest absolute Gasteiger partial charge is 0.251 e. The van der Waals surface area contributed by atoms with Crippen molar-refractivity contribution < 1.29 is 9.59 Å². The number of H-pyrrole nitrogens is 2. The molecule has 0 aliphatic carbocycles. The predicted molar refractivity (Wildman–Crippen MR) is 69.0 cm³/mol. The highest BCUT2D eigenvalue weighted by atomic mass is 16.2. The highest BCUT2D eigenvalue weighted by Gasteiger charge is 2.20. The fraction of sp³-hybridized carbons (Fsp3) is 0.286. The molecular weight excluding hydrogens is 228 g/mol. The topological polar surface area (TPSA) is 65.7 Å². The summed E-state index contributed by atoms with van der Waals surface area (Å²) in [6, 6.07) is 3.45. The van der Waals surface area contributed by atoms with Crippen LogP contribution in [0.15, 0.2) is 24.5 Å². The zero-order chi connectivity index (χ0) is 13.1. The molecule has 0 amide bonds. The monoisotopic (exact) mass is 244 g/mol. The molecule has 0 aromatic carbocycles. The lowest BCUT2D eigenvalue weighted by Gasteiger charge is -1.94. The number of hydrogen-bond acceptors (Lipinski definition) is 2. The molecule has 4 heteroatoms. The second kappa shape index (κ2) is 5.04. The van der Waals surface area contributed by atoms with Crippen LogP contribution in [-0.4, -0.2) is 21.5 Å². The highest BCUT2D eigenvalue weighted by Crippen LogP contribution is 2.10. The second-order valence-corrected chi connectivity index (χ2v) is 4.21. The molecule has 4 nitrogen and oxygen atoms in total. The third kappa shape index (κ3) is 2.27. The van der Waals surface area contributed by atoms with Crippen molar-refractivity contribution in [3.05, 3.63) is 47.0 Å². The van der Waals surface area contributed by atoms with Crippen molar-refractivity contribution >= 4 is 11.6 Å². The number of carbonyl (C=O) groups is 2. The summed E-state index contributed by atoms with van der Waals surface area (Å²) in [5.41, 5.74) is 2.74. The molecule has 0 spiro atoms. The molecule has 0 saturated heterocycles. The summed E-state index contributed by atoms with van der Waals surface area (Å²) >= 11 is 0. The van der Waals surface area contributed by atoms with Crippen molar-refractivity contribution in [3.63, 3.8) is 0 Å². The Morgan fingerprint density at radius 1 is 0.889 bits per heavy atom. The van der Waals surface area contributed by atoms with Crippen LogP contribution in [0, 0.1) is 0 Å². The van der Waals surface area contributed by atoms with Gasteiger partial charge in [-0.2, -0.15) is 0 Å². The Labute approximate surface area is 105 Å². The molecule has 94 valence electrons. The first-order chi connectivity index (χ1) is 8.65. The van der Waals surface area contributed by atoms with Crippen LogP contribution in [0.1, 0.15) is 46.0 Å². The van der Waals surface area contributed by atoms with Crippen molar-refractivity contribution in [2.75, 3.05) is 0 Å². The van der Waals surface area contributed by atoms with Crippen LogP contribution in [-0.2, 0) is 12.8 Å². The minimum Gasteiger partial charge on any atom is -0.358 e. The molecule has 2 heterocycles. The van der Waals surface area contributed by atoms with Crippen LogP contribution in [0.2, 0.25) is 0 Å². The van der Waals surface area contributed by atoms with Gasteiger partial charge in [-0.15, -0.1) is 0 Å². The number of ketones is 2. The standard InChI is InChI=1S/C14H16N2O2/c1-3-9-5-11(15-7-9)13(17)14(18)12-6-10(4-2)8-16-12/h5-8,15-16H,3-4H2,1-2H3. The summed E-state index contributed by atoms with van der Waals surface area (Å²) in [4.78, 5) is 29.6. The quantitative estimate of drug-likeness (QED) is 0.627. The lowest BCUT2D eigenvalue weighted by Crippen LogP contribution is -2.15. The Bertz CT molecular complexity index is 526. The van der Waals surface area contributed by atoms with E-state index in [-0.39, 0.29) is 0 Å². The predicted octanol–water partition coefficient (Wildman–Crippen LogP) is 2.53. The van der Waals surface area contributed by atoms with E-state index in [4.69, 9.17) is 0 Å². The maximum Gasteiger partial charge on any atom is 0.251 e. The molecule has 0 saturated carbocycles. The number of aromatic nitrogens is 2. The summed E-state index contributed by atoms with van der Waals surface area (Å²) in [6.45, 7) is 4.00. The van der Waals surface area contributed by atoms with Crippen LogP contribution >= 0.6 is 0 Å². The summed E-state index contributed by atoms with van der Waals surface area (Å²) in [5, 5.41) is 0. The first-order valence-corrected chi connectivity index (χ1v) is 6.09. The van der Waals surface area contributed by atoms with E-state index in [1.165, 1.54) is 0 Å². The fourth-order valence-corrected chi connectivity index (χ4v) is 1.79. The van der Waals surface area contributed by atoms with Gasteiger partial charge in [-0.25, -0.2) is 0 Å². The molecule has 0 radical (unpaired) electrons. The Morgan fingerprint density at radius 2 is 1.28 bits per heavy atom. The lowest BCUT2D eigenvalue weighted by atomic mass is 10.1. The molecule has 2 aromatic heterocycles. The van der Waals surface area contributed by atoms with Gasteiger partial charge >= 0.3 is 0 Å². The molecule has 18 heavy (non-hydrogen) atoms. The van der Waals surface area contributed by atoms with Crippen molar-refractivity contribution in [2.24, 2.45) is 0 Å². The lowest BCUT2D eigenvalue weighted by molar-refractivity contribution is 0.0812. The average Bonchev–Trinajstić information content (AvgIpc) is 3.05. The third-order valence-corrected chi connectivity index (χ3v) is 3.00. The van der Waals surface area contributed by atoms with Gasteiger partial charge in [0.25, 0.3) is 11.6 Å². The fourth-order valence-electron chi connectivity index (χ4n) is 1.79. The summed E-state index contributed by atoms with van der Waals surface area (Å²) < 4.78 is 0. The van der Waals surface area contributed by atoms with Crippen molar-refractivity contribution in [3.8, 4) is 0 Å². The number of aryl methyl sites for hydroxylation is 2. The van der Waals surface area contributed by atoms with E-state index in [2.05, 4.69) is 9.97 Å². The molecule has 0 atom stereocenters. The molecule has 2 rings (SSSR count). The summed E-state index contributed by atoms with van der Waals surface area (Å²) in [6.07, 6.45) is 5.18. The van der Waals surface area contributed by atoms with Gasteiger partial charge in [0.1, 0.15) is 0 Å². The van der Waals surface area contributed by atoms with E-state index in [0.717, 1.165) is 24.0 Å². The Hall–Kier alpha value is -2.10. The number of nitrogens with one attached hydrogen (secondary N) is 2. The third-order valence-electron chi connectivity index (χ3n) is 3.00. The molecule has 2 aromatic rings. The van der Waals surface area contributed by atoms with E-state index < -0.39 is 11.6 Å². The molecule has 0 unspecified atom stereocenters. The number of carbonyl (C=O) groups excluding carboxylic acids is 2. The maximum absolute atomic E-state index is 12.0. The zero-order valence-electron chi connectivity index (χ0n) is 10.5. The van der Waals surface area contributed by atoms with Crippen LogP contribution in [0.25, 0.3) is 0 Å². The normalized spacial score (nSPS) is 10.6. The maximum atomic E-state index is 12.0. The van der Waals surface area contributed by atoms with E-state index in [1.54, 1.807) is 24.5 Å². The molecule has 0 bridgehead atoms. The van der Waals surface area contributed by atoms with Gasteiger partial charge in [-0.05, 0) is 36.1 Å². The van der Waals surface area contributed by atoms with E-state index in [0.29, 0.717) is 11.4 Å². The molecule has 0 aliphatic rings. The van der Waals surface area contributed by atoms with Crippen molar-refractivity contribution in [2.45, 2.75) is 26.7 Å². The van der Waals surface area contributed by atoms with Gasteiger partial charge in [-0.3, -0.25) is 9.59 Å². The van der Waals surface area contributed by atoms with Crippen LogP contribution in [0.3, 0.4) is 0 Å². The van der Waals surface area contributed by atoms with Crippen LogP contribution in [0.4, 0.5) is 0 Å². The van der Waals surface area contributed by atoms with Crippen LogP contribution in [0.5, 0.6) is 0 Å². The minimum atomic E-state index is -0.501. The second-order valence-electron chi connectivity index (χ2n) is 4.21. The average molecular weight is 244 g/mol. The zero-order valence-corrected chi connectivity index (χ0v) is 10.5. The molecule has 0 aliphatic heterocycles. The van der Waals surface area contributed by atoms with E-state index in [9.17, 15) is 9.59 Å². The number of hydrogen-bond donors (Lipinski definition) is 2. The summed E-state index contributed by atoms with van der Waals surface area (Å²) in [5.74, 6) is -1.00. The van der Waals surface area contributed by atoms with Gasteiger partial charge in [0.05, 0.1) is 11.4 Å². The number of aromatic amines is 2. The van der Waals surface area contributed by atoms with Crippen LogP contribution < -0.4 is 0 Å². The molecular formula is C14H16N2O2. The van der Waals surface area contributed by atoms with Gasteiger partial charge in [-0.1, -0.05) is 13.8 Å². The van der Waals surface area contributed by atoms with Gasteiger partial charge in [0.2, 0.25) is 0 Å². The van der Waals surface area contributed by atoms with Gasteiger partial charge in [0.15, 0.2) is 0 Å².